The molecule has 7 heteroatoms. The number of hydrogen-bond donors (Lipinski definition) is 1. The molecule has 180 valence electrons. The van der Waals surface area contributed by atoms with Gasteiger partial charge in [0.05, 0.1) is 16.6 Å². The zero-order valence-electron chi connectivity index (χ0n) is 20.0. The number of benzene rings is 3. The smallest absolute Gasteiger partial charge is 0.264 e. The SMILES string of the molecule is Cc1ccc(S(=O)(=O)N(CC(=O)N[C@H](CC(C)C)c2ccccc2)c2ccc(C)c(Cl)c2)cc1. The van der Waals surface area contributed by atoms with E-state index >= 15 is 0 Å². The van der Waals surface area contributed by atoms with Crippen molar-refractivity contribution in [3.63, 3.8) is 0 Å². The Morgan fingerprint density at radius 1 is 0.971 bits per heavy atom. The number of aryl methyl sites for hydroxylation is 2. The molecular formula is C27H31ClN2O3S. The number of halogens is 1. The highest BCUT2D eigenvalue weighted by molar-refractivity contribution is 7.92. The van der Waals surface area contributed by atoms with Gasteiger partial charge in [-0.3, -0.25) is 9.10 Å². The van der Waals surface area contributed by atoms with Gasteiger partial charge in [0.25, 0.3) is 10.0 Å². The normalized spacial score (nSPS) is 12.4. The Kier molecular flexibility index (Phi) is 8.39. The van der Waals surface area contributed by atoms with E-state index in [9.17, 15) is 13.2 Å². The maximum atomic E-state index is 13.6. The van der Waals surface area contributed by atoms with Gasteiger partial charge in [-0.1, -0.05) is 79.5 Å². The Labute approximate surface area is 207 Å². The first kappa shape index (κ1) is 25.8. The van der Waals surface area contributed by atoms with E-state index in [1.54, 1.807) is 42.5 Å². The molecule has 1 atom stereocenters. The Bertz CT molecular complexity index is 1230. The lowest BCUT2D eigenvalue weighted by molar-refractivity contribution is -0.120. The van der Waals surface area contributed by atoms with Crippen LogP contribution < -0.4 is 9.62 Å². The lowest BCUT2D eigenvalue weighted by atomic mass is 9.97. The molecule has 3 rings (SSSR count). The molecule has 0 fully saturated rings. The summed E-state index contributed by atoms with van der Waals surface area (Å²) in [6.45, 7) is 7.54. The van der Waals surface area contributed by atoms with Gasteiger partial charge in [-0.2, -0.15) is 0 Å². The van der Waals surface area contributed by atoms with Crippen LogP contribution in [0.1, 0.15) is 43.0 Å². The van der Waals surface area contributed by atoms with Crippen molar-refractivity contribution in [3.05, 3.63) is 94.5 Å². The first-order valence-corrected chi connectivity index (χ1v) is 13.1. The summed E-state index contributed by atoms with van der Waals surface area (Å²) >= 11 is 6.31. The molecule has 5 nitrogen and oxygen atoms in total. The molecule has 0 heterocycles. The minimum absolute atomic E-state index is 0.115. The summed E-state index contributed by atoms with van der Waals surface area (Å²) in [6, 6.07) is 21.1. The second-order valence-electron chi connectivity index (χ2n) is 8.92. The van der Waals surface area contributed by atoms with Gasteiger partial charge < -0.3 is 5.32 Å². The number of nitrogens with one attached hydrogen (secondary N) is 1. The molecule has 0 aliphatic rings. The number of hydrogen-bond acceptors (Lipinski definition) is 3. The average Bonchev–Trinajstić information content (AvgIpc) is 2.79. The molecule has 0 unspecified atom stereocenters. The first-order valence-electron chi connectivity index (χ1n) is 11.3. The second-order valence-corrected chi connectivity index (χ2v) is 11.2. The minimum Gasteiger partial charge on any atom is -0.348 e. The molecule has 3 aromatic carbocycles. The number of anilines is 1. The van der Waals surface area contributed by atoms with E-state index < -0.39 is 10.0 Å². The lowest BCUT2D eigenvalue weighted by Gasteiger charge is -2.27. The Balaban J connectivity index is 1.95. The van der Waals surface area contributed by atoms with Crippen molar-refractivity contribution in [2.75, 3.05) is 10.8 Å². The molecule has 0 radical (unpaired) electrons. The molecule has 0 aliphatic heterocycles. The molecule has 0 aliphatic carbocycles. The summed E-state index contributed by atoms with van der Waals surface area (Å²) in [7, 11) is -4.01. The molecule has 0 spiro atoms. The fraction of sp³-hybridized carbons (Fsp3) is 0.296. The number of nitrogens with zero attached hydrogens (tertiary/aromatic N) is 1. The number of rotatable bonds is 9. The molecule has 0 bridgehead atoms. The highest BCUT2D eigenvalue weighted by atomic mass is 35.5. The van der Waals surface area contributed by atoms with E-state index in [0.717, 1.165) is 27.4 Å². The molecule has 0 aromatic heterocycles. The lowest BCUT2D eigenvalue weighted by Crippen LogP contribution is -2.42. The summed E-state index contributed by atoms with van der Waals surface area (Å²) in [4.78, 5) is 13.3. The van der Waals surface area contributed by atoms with Gasteiger partial charge in [0.15, 0.2) is 0 Å². The monoisotopic (exact) mass is 498 g/mol. The molecular weight excluding hydrogens is 468 g/mol. The summed E-state index contributed by atoms with van der Waals surface area (Å²) in [5.74, 6) is -0.0457. The summed E-state index contributed by atoms with van der Waals surface area (Å²) in [6.07, 6.45) is 0.733. The number of amides is 1. The predicted octanol–water partition coefficient (Wildman–Crippen LogP) is 6.06. The third kappa shape index (κ3) is 6.39. The molecule has 1 N–H and O–H groups in total. The second kappa shape index (κ2) is 11.1. The van der Waals surface area contributed by atoms with Gasteiger partial charge in [0.2, 0.25) is 5.91 Å². The van der Waals surface area contributed by atoms with E-state index in [0.29, 0.717) is 16.6 Å². The van der Waals surface area contributed by atoms with Crippen LogP contribution in [0.25, 0.3) is 0 Å². The average molecular weight is 499 g/mol. The predicted molar refractivity (Wildman–Crippen MR) is 139 cm³/mol. The van der Waals surface area contributed by atoms with E-state index in [4.69, 9.17) is 11.6 Å². The van der Waals surface area contributed by atoms with Crippen molar-refractivity contribution in [1.29, 1.82) is 0 Å². The van der Waals surface area contributed by atoms with E-state index in [2.05, 4.69) is 19.2 Å². The van der Waals surface area contributed by atoms with Gasteiger partial charge in [-0.05, 0) is 61.6 Å². The molecule has 3 aromatic rings. The Morgan fingerprint density at radius 2 is 1.62 bits per heavy atom. The van der Waals surface area contributed by atoms with Crippen LogP contribution in [0.3, 0.4) is 0 Å². The Morgan fingerprint density at radius 3 is 2.21 bits per heavy atom. The quantitative estimate of drug-likeness (QED) is 0.390. The fourth-order valence-corrected chi connectivity index (χ4v) is 5.28. The van der Waals surface area contributed by atoms with Crippen LogP contribution >= 0.6 is 11.6 Å². The van der Waals surface area contributed by atoms with Crippen LogP contribution in [0.4, 0.5) is 5.69 Å². The number of sulfonamides is 1. The third-order valence-electron chi connectivity index (χ3n) is 5.58. The van der Waals surface area contributed by atoms with Crippen LogP contribution in [0.2, 0.25) is 5.02 Å². The standard InChI is InChI=1S/C27H31ClN2O3S/c1-19(2)16-26(22-8-6-5-7-9-22)29-27(31)18-30(23-13-12-21(4)25(28)17-23)34(32,33)24-14-10-20(3)11-15-24/h5-15,17,19,26H,16,18H2,1-4H3,(H,29,31)/t26-/m1/s1. The van der Waals surface area contributed by atoms with Crippen LogP contribution in [-0.4, -0.2) is 20.9 Å². The largest absolute Gasteiger partial charge is 0.348 e. The van der Waals surface area contributed by atoms with Crippen molar-refractivity contribution in [3.8, 4) is 0 Å². The molecule has 34 heavy (non-hydrogen) atoms. The fourth-order valence-electron chi connectivity index (χ4n) is 3.69. The van der Waals surface area contributed by atoms with Crippen molar-refractivity contribution in [2.24, 2.45) is 5.92 Å². The minimum atomic E-state index is -4.01. The van der Waals surface area contributed by atoms with Gasteiger partial charge in [0, 0.05) is 5.02 Å². The van der Waals surface area contributed by atoms with Crippen molar-refractivity contribution < 1.29 is 13.2 Å². The van der Waals surface area contributed by atoms with Crippen molar-refractivity contribution in [1.82, 2.24) is 5.32 Å². The van der Waals surface area contributed by atoms with Gasteiger partial charge >= 0.3 is 0 Å². The van der Waals surface area contributed by atoms with Crippen LogP contribution in [0, 0.1) is 19.8 Å². The van der Waals surface area contributed by atoms with Gasteiger partial charge in [-0.15, -0.1) is 0 Å². The molecule has 1 amide bonds. The maximum absolute atomic E-state index is 13.6. The molecule has 0 saturated heterocycles. The summed E-state index contributed by atoms with van der Waals surface area (Å²) < 4.78 is 28.3. The van der Waals surface area contributed by atoms with E-state index in [1.165, 1.54) is 0 Å². The maximum Gasteiger partial charge on any atom is 0.264 e. The zero-order valence-corrected chi connectivity index (χ0v) is 21.5. The number of carbonyl (C=O) groups is 1. The van der Waals surface area contributed by atoms with E-state index in [-0.39, 0.29) is 23.4 Å². The third-order valence-corrected chi connectivity index (χ3v) is 7.78. The number of carbonyl (C=O) groups excluding carboxylic acids is 1. The highest BCUT2D eigenvalue weighted by Gasteiger charge is 2.28. The summed E-state index contributed by atoms with van der Waals surface area (Å²) in [5, 5.41) is 3.48. The van der Waals surface area contributed by atoms with Gasteiger partial charge in [0.1, 0.15) is 6.54 Å². The topological polar surface area (TPSA) is 66.5 Å². The van der Waals surface area contributed by atoms with E-state index in [1.807, 2.05) is 44.2 Å². The molecule has 0 saturated carbocycles. The van der Waals surface area contributed by atoms with Gasteiger partial charge in [-0.25, -0.2) is 8.42 Å². The zero-order chi connectivity index (χ0) is 24.9. The Hall–Kier alpha value is -2.83. The van der Waals surface area contributed by atoms with Crippen LogP contribution in [-0.2, 0) is 14.8 Å². The van der Waals surface area contributed by atoms with Crippen LogP contribution in [0.15, 0.2) is 77.7 Å². The first-order chi connectivity index (χ1) is 16.1. The van der Waals surface area contributed by atoms with Crippen molar-refractivity contribution >= 4 is 33.2 Å². The van der Waals surface area contributed by atoms with Crippen molar-refractivity contribution in [2.45, 2.75) is 45.1 Å². The summed E-state index contributed by atoms with van der Waals surface area (Å²) in [5.41, 5.74) is 3.09. The van der Waals surface area contributed by atoms with Crippen LogP contribution in [0.5, 0.6) is 0 Å². The highest BCUT2D eigenvalue weighted by Crippen LogP contribution is 2.28.